The molecular weight excluding hydrogens is 1610 g/mol. The SMILES string of the molecule is CC[C@H](C)[C@H](NC(=O)CN)C(=O)N[C@@H](C)c1nc(C(=O)NCC(=O)N[C@@H](Cc2ccccc2)C(=O)N[C@@H](CC[C@H](CN)O[C@@H]2O[C@H](CO)[C@H](O)[C@H](O)[C@H]2O)C(=O)NCC(=O)N[C@@H](CCC(=O)O)C(=O)N[C@@H](CCC(N)=O)C(=O)NCC(=O)N2CCC[C@H]2C(=O)N[C@@H](CCCCN)C(=O)NCC(=O)N[C@@H](CCC(=O)O)C(=O)N[C@H](C(=O)O)[C@@H](C)O)co1. The van der Waals surface area contributed by atoms with Crippen LogP contribution < -0.4 is 92.1 Å². The maximum atomic E-state index is 14.6. The van der Waals surface area contributed by atoms with Gasteiger partial charge in [0, 0.05) is 38.8 Å². The topological polar surface area (TPSA) is 777 Å². The molecule has 0 bridgehead atoms. The van der Waals surface area contributed by atoms with E-state index in [9.17, 15) is 127 Å². The summed E-state index contributed by atoms with van der Waals surface area (Å²) in [6.45, 7) is 0.975. The van der Waals surface area contributed by atoms with Gasteiger partial charge in [-0.3, -0.25) is 81.5 Å². The number of primary amides is 1. The molecule has 0 unspecified atom stereocenters. The number of carboxylic acid groups (broad SMARTS) is 3. The number of carboxylic acids is 3. The summed E-state index contributed by atoms with van der Waals surface area (Å²) in [5, 5.41) is 110. The molecule has 674 valence electrons. The molecule has 2 aliphatic heterocycles. The lowest BCUT2D eigenvalue weighted by Gasteiger charge is -2.40. The molecule has 121 heavy (non-hydrogen) atoms. The lowest BCUT2D eigenvalue weighted by Crippen LogP contribution is -2.60. The number of likely N-dealkylation sites (tertiary alicyclic amines) is 1. The normalized spacial score (nSPS) is 19.2. The monoisotopic (exact) mass is 1720 g/mol. The van der Waals surface area contributed by atoms with Crippen LogP contribution in [0.3, 0.4) is 0 Å². The molecule has 29 N–H and O–H groups in total. The number of carbonyl (C=O) groups is 18. The van der Waals surface area contributed by atoms with Gasteiger partial charge in [0.05, 0.1) is 51.5 Å². The molecule has 0 saturated carbocycles. The van der Waals surface area contributed by atoms with Crippen LogP contribution in [-0.4, -0.2) is 314 Å². The van der Waals surface area contributed by atoms with Gasteiger partial charge in [-0.1, -0.05) is 50.6 Å². The van der Waals surface area contributed by atoms with Crippen LogP contribution in [0.15, 0.2) is 41.0 Å². The van der Waals surface area contributed by atoms with Gasteiger partial charge < -0.3 is 152 Å². The molecule has 3 heterocycles. The van der Waals surface area contributed by atoms with Crippen molar-refractivity contribution in [2.24, 2.45) is 28.9 Å². The number of unbranched alkanes of at least 4 members (excludes halogenated alkanes) is 1. The minimum absolute atomic E-state index is 0.0271. The van der Waals surface area contributed by atoms with Crippen molar-refractivity contribution >= 4 is 107 Å². The Morgan fingerprint density at radius 2 is 1.10 bits per heavy atom. The molecule has 2 saturated heterocycles. The van der Waals surface area contributed by atoms with Crippen molar-refractivity contribution in [2.45, 2.75) is 227 Å². The standard InChI is InChI=1S/C73H113N19O29/c1-5-35(2)57(90-50(96)28-76)70(116)82-36(3)71-89-46(34-119-71)65(111)80-31-53(99)85-45(26-38-12-7-6-8-13-38)68(114)87-41(17-16-39(27-75)120-73-61(107)60(106)59(105)48(33-93)121-73)63(109)79-30-51(97)83-43(19-22-55(101)102)66(112)86-42(18-21-49(77)95)64(110)81-32-54(100)92-25-11-15-47(92)69(115)88-40(14-9-10-24-74)62(108)78-29-52(98)84-44(20-23-56(103)104)67(113)91-58(37(4)94)72(117)118/h6-8,12-13,34-37,39-45,47-48,57-61,73,93-94,105-107H,5,9-11,14-33,74-76H2,1-4H3,(H2,77,95)(H,78,108)(H,79,109)(H,80,111)(H,81,110)(H,82,116)(H,83,97)(H,84,98)(H,85,99)(H,86,112)(H,87,114)(H,88,115)(H,90,96)(H,91,113)(H,101,102)(H,103,104)(H,117,118)/t35-,36-,37+,39+,40-,41-,42-,43-,44-,45-,47-,48+,57-,58-,59-,60-,61+,73+/m0/s1. The van der Waals surface area contributed by atoms with E-state index in [1.165, 1.54) is 6.92 Å². The number of hydrogen-bond donors (Lipinski definition) is 25. The van der Waals surface area contributed by atoms with E-state index in [2.05, 4.69) is 68.8 Å². The van der Waals surface area contributed by atoms with E-state index in [-0.39, 0.29) is 75.7 Å². The molecule has 1 aromatic carbocycles. The molecular formula is C73H113N19O29. The number of carbonyl (C=O) groups excluding carboxylic acids is 15. The highest BCUT2D eigenvalue weighted by Gasteiger charge is 2.46. The van der Waals surface area contributed by atoms with Gasteiger partial charge >= 0.3 is 17.9 Å². The second-order valence-electron chi connectivity index (χ2n) is 28.7. The van der Waals surface area contributed by atoms with Crippen LogP contribution in [0.4, 0.5) is 0 Å². The highest BCUT2D eigenvalue weighted by molar-refractivity contribution is 5.99. The van der Waals surface area contributed by atoms with E-state index >= 15 is 0 Å². The van der Waals surface area contributed by atoms with Gasteiger partial charge in [0.25, 0.3) is 5.91 Å². The van der Waals surface area contributed by atoms with Gasteiger partial charge in [0.15, 0.2) is 18.0 Å². The number of nitrogens with zero attached hydrogens (tertiary/aromatic N) is 2. The Balaban J connectivity index is 1.52. The first-order valence-corrected chi connectivity index (χ1v) is 39.0. The largest absolute Gasteiger partial charge is 0.481 e. The Hall–Kier alpha value is -11.5. The fourth-order valence-electron chi connectivity index (χ4n) is 12.3. The van der Waals surface area contributed by atoms with Crippen molar-refractivity contribution in [3.05, 3.63) is 53.7 Å². The van der Waals surface area contributed by atoms with Crippen LogP contribution in [0.5, 0.6) is 0 Å². The molecule has 1 aromatic heterocycles. The number of hydrogen-bond acceptors (Lipinski definition) is 30. The molecule has 2 fully saturated rings. The van der Waals surface area contributed by atoms with Gasteiger partial charge in [-0.15, -0.1) is 0 Å². The summed E-state index contributed by atoms with van der Waals surface area (Å²) < 4.78 is 16.8. The maximum Gasteiger partial charge on any atom is 0.328 e. The number of nitrogens with one attached hydrogen (secondary N) is 13. The summed E-state index contributed by atoms with van der Waals surface area (Å²) in [5.41, 5.74) is 22.7. The van der Waals surface area contributed by atoms with Gasteiger partial charge in [0.2, 0.25) is 88.6 Å². The minimum Gasteiger partial charge on any atom is -0.481 e. The van der Waals surface area contributed by atoms with Crippen molar-refractivity contribution in [1.29, 1.82) is 0 Å². The first kappa shape index (κ1) is 102. The molecule has 2 aromatic rings. The summed E-state index contributed by atoms with van der Waals surface area (Å²) >= 11 is 0. The number of nitrogens with two attached hydrogens (primary N) is 4. The highest BCUT2D eigenvalue weighted by atomic mass is 16.7. The molecule has 0 spiro atoms. The van der Waals surface area contributed by atoms with Gasteiger partial charge in [-0.2, -0.15) is 0 Å². The van der Waals surface area contributed by atoms with Crippen molar-refractivity contribution in [1.82, 2.24) is 79.0 Å². The second-order valence-corrected chi connectivity index (χ2v) is 28.7. The summed E-state index contributed by atoms with van der Waals surface area (Å²) in [4.78, 5) is 243. The molecule has 0 aliphatic carbocycles. The number of aromatic nitrogens is 1. The Morgan fingerprint density at radius 3 is 1.63 bits per heavy atom. The molecule has 15 amide bonds. The maximum absolute atomic E-state index is 14.6. The van der Waals surface area contributed by atoms with Crippen LogP contribution in [-0.2, 0) is 97.4 Å². The number of aliphatic hydroxyl groups is 5. The predicted octanol–water partition coefficient (Wildman–Crippen LogP) is -10.4. The third-order valence-electron chi connectivity index (χ3n) is 19.3. The number of benzene rings is 1. The third kappa shape index (κ3) is 34.6. The first-order valence-electron chi connectivity index (χ1n) is 39.0. The lowest BCUT2D eigenvalue weighted by molar-refractivity contribution is -0.310. The zero-order valence-electron chi connectivity index (χ0n) is 67.2. The van der Waals surface area contributed by atoms with Gasteiger partial charge in [-0.25, -0.2) is 9.78 Å². The molecule has 18 atom stereocenters. The van der Waals surface area contributed by atoms with E-state index in [1.54, 1.807) is 37.3 Å². The third-order valence-corrected chi connectivity index (χ3v) is 19.3. The van der Waals surface area contributed by atoms with Crippen LogP contribution in [0, 0.1) is 5.92 Å². The number of rotatable bonds is 54. The van der Waals surface area contributed by atoms with Crippen molar-refractivity contribution in [3.63, 3.8) is 0 Å². The zero-order chi connectivity index (χ0) is 90.3. The minimum atomic E-state index is -1.92. The van der Waals surface area contributed by atoms with E-state index in [4.69, 9.17) is 36.8 Å². The summed E-state index contributed by atoms with van der Waals surface area (Å²) in [6.07, 6.45) is -14.3. The fourth-order valence-corrected chi connectivity index (χ4v) is 12.3. The number of oxazole rings is 1. The van der Waals surface area contributed by atoms with Crippen molar-refractivity contribution in [2.75, 3.05) is 59.0 Å². The van der Waals surface area contributed by atoms with Gasteiger partial charge in [-0.05, 0) is 96.1 Å². The second kappa shape index (κ2) is 51.8. The molecule has 0 radical (unpaired) electrons. The quantitative estimate of drug-likeness (QED) is 0.0274. The van der Waals surface area contributed by atoms with Crippen LogP contribution in [0.1, 0.15) is 146 Å². The summed E-state index contributed by atoms with van der Waals surface area (Å²) in [5.74, 6) is -19.8. The van der Waals surface area contributed by atoms with E-state index in [1.807, 2.05) is 12.2 Å². The van der Waals surface area contributed by atoms with Crippen molar-refractivity contribution < 1.29 is 141 Å². The van der Waals surface area contributed by atoms with E-state index < -0.39 is 294 Å². The Bertz CT molecular complexity index is 3880. The number of amides is 15. The highest BCUT2D eigenvalue weighted by Crippen LogP contribution is 2.25. The van der Waals surface area contributed by atoms with Crippen LogP contribution in [0.25, 0.3) is 0 Å². The molecule has 48 heteroatoms. The Kier molecular flexibility index (Phi) is 43.6. The average molecular weight is 1720 g/mol. The number of aliphatic hydroxyl groups excluding tert-OH is 5. The Morgan fingerprint density at radius 1 is 0.570 bits per heavy atom. The summed E-state index contributed by atoms with van der Waals surface area (Å²) in [6, 6.07) is -6.99. The first-order chi connectivity index (χ1) is 57.2. The Labute approximate surface area is 693 Å². The van der Waals surface area contributed by atoms with Crippen LogP contribution >= 0.6 is 0 Å². The lowest BCUT2D eigenvalue weighted by atomic mass is 9.98. The van der Waals surface area contributed by atoms with E-state index in [0.717, 1.165) is 18.1 Å². The van der Waals surface area contributed by atoms with Crippen molar-refractivity contribution in [3.8, 4) is 0 Å². The molecule has 48 nitrogen and oxygen atoms in total. The summed E-state index contributed by atoms with van der Waals surface area (Å²) in [7, 11) is 0. The molecule has 2 aliphatic rings. The fraction of sp³-hybridized carbons (Fsp3) is 0.630. The predicted molar refractivity (Wildman–Crippen MR) is 415 cm³/mol. The van der Waals surface area contributed by atoms with Gasteiger partial charge in [0.1, 0.15) is 85.1 Å². The van der Waals surface area contributed by atoms with Crippen LogP contribution in [0.2, 0.25) is 0 Å². The smallest absolute Gasteiger partial charge is 0.328 e. The molecule has 4 rings (SSSR count). The number of aliphatic carboxylic acids is 3. The number of ether oxygens (including phenoxy) is 2. The average Bonchev–Trinajstić information content (AvgIpc) is 1.61. The van der Waals surface area contributed by atoms with E-state index in [0.29, 0.717) is 18.4 Å². The zero-order valence-corrected chi connectivity index (χ0v) is 67.2.